The van der Waals surface area contributed by atoms with Gasteiger partial charge in [0.25, 0.3) is 0 Å². The highest BCUT2D eigenvalue weighted by molar-refractivity contribution is 6.31. The fourth-order valence-corrected chi connectivity index (χ4v) is 3.65. The standard InChI is InChI=1S/C26H36ClN7O2/c1-15(2)13-29-19-11-17(10-18(27)12-19)21-22(34-23(33-21)26(4,5)6)20-8-9-28-24(32-20)30-14-16(3)31-25(35)36-7/h8-12,15-16,29H,13-14H2,1-7H3,(H,31,35)(H,33,34)(H,28,30,32). The summed E-state index contributed by atoms with van der Waals surface area (Å²) in [6.07, 6.45) is 1.21. The molecule has 0 fully saturated rings. The van der Waals surface area contributed by atoms with Gasteiger partial charge in [-0.25, -0.2) is 19.7 Å². The molecule has 1 aromatic carbocycles. The van der Waals surface area contributed by atoms with Gasteiger partial charge in [0, 0.05) is 47.0 Å². The summed E-state index contributed by atoms with van der Waals surface area (Å²) in [5, 5.41) is 9.95. The molecular formula is C26H36ClN7O2. The molecule has 1 atom stereocenters. The van der Waals surface area contributed by atoms with E-state index >= 15 is 0 Å². The molecule has 3 aromatic rings. The largest absolute Gasteiger partial charge is 0.453 e. The molecule has 0 saturated carbocycles. The summed E-state index contributed by atoms with van der Waals surface area (Å²) in [6.45, 7) is 13.8. The number of halogens is 1. The van der Waals surface area contributed by atoms with Crippen LogP contribution in [0.5, 0.6) is 0 Å². The molecule has 0 bridgehead atoms. The number of methoxy groups -OCH3 is 1. The van der Waals surface area contributed by atoms with Gasteiger partial charge in [-0.2, -0.15) is 0 Å². The van der Waals surface area contributed by atoms with Gasteiger partial charge < -0.3 is 25.7 Å². The van der Waals surface area contributed by atoms with Crippen molar-refractivity contribution in [1.29, 1.82) is 0 Å². The number of nitrogens with zero attached hydrogens (tertiary/aromatic N) is 3. The Kier molecular flexibility index (Phi) is 8.79. The van der Waals surface area contributed by atoms with E-state index < -0.39 is 6.09 Å². The second-order valence-corrected chi connectivity index (χ2v) is 10.7. The number of imidazole rings is 1. The normalized spacial score (nSPS) is 12.4. The van der Waals surface area contributed by atoms with Crippen molar-refractivity contribution in [3.8, 4) is 22.6 Å². The molecule has 3 rings (SSSR count). The molecule has 2 heterocycles. The molecule has 2 aromatic heterocycles. The number of carbonyl (C=O) groups excluding carboxylic acids is 1. The summed E-state index contributed by atoms with van der Waals surface area (Å²) in [7, 11) is 1.33. The van der Waals surface area contributed by atoms with Crippen molar-refractivity contribution in [2.75, 3.05) is 30.8 Å². The van der Waals surface area contributed by atoms with Crippen LogP contribution in [0.25, 0.3) is 22.6 Å². The van der Waals surface area contributed by atoms with Crippen molar-refractivity contribution < 1.29 is 9.53 Å². The lowest BCUT2D eigenvalue weighted by Crippen LogP contribution is -2.37. The summed E-state index contributed by atoms with van der Waals surface area (Å²) in [5.41, 5.74) is 3.86. The van der Waals surface area contributed by atoms with Gasteiger partial charge in [0.05, 0.1) is 24.2 Å². The summed E-state index contributed by atoms with van der Waals surface area (Å²) < 4.78 is 4.64. The predicted octanol–water partition coefficient (Wildman–Crippen LogP) is 5.71. The SMILES string of the molecule is COC(=O)NC(C)CNc1nccc(-c2[nH]c(C(C)(C)C)nc2-c2cc(Cl)cc(NCC(C)C)c2)n1. The fraction of sp³-hybridized carbons (Fsp3) is 0.462. The highest BCUT2D eigenvalue weighted by Crippen LogP contribution is 2.35. The van der Waals surface area contributed by atoms with Crippen LogP contribution >= 0.6 is 11.6 Å². The van der Waals surface area contributed by atoms with Crippen molar-refractivity contribution in [2.24, 2.45) is 5.92 Å². The summed E-state index contributed by atoms with van der Waals surface area (Å²) >= 11 is 6.50. The minimum atomic E-state index is -0.487. The van der Waals surface area contributed by atoms with Crippen molar-refractivity contribution in [3.63, 3.8) is 0 Å². The minimum Gasteiger partial charge on any atom is -0.453 e. The number of amides is 1. The third kappa shape index (κ3) is 7.34. The van der Waals surface area contributed by atoms with Gasteiger partial charge in [-0.3, -0.25) is 0 Å². The molecular weight excluding hydrogens is 478 g/mol. The van der Waals surface area contributed by atoms with Crippen LogP contribution in [-0.4, -0.2) is 52.3 Å². The quantitative estimate of drug-likeness (QED) is 0.289. The van der Waals surface area contributed by atoms with Crippen LogP contribution in [0.1, 0.15) is 47.4 Å². The third-order valence-electron chi connectivity index (χ3n) is 5.33. The van der Waals surface area contributed by atoms with E-state index in [0.717, 1.165) is 35.0 Å². The molecule has 4 N–H and O–H groups in total. The highest BCUT2D eigenvalue weighted by Gasteiger charge is 2.24. The molecule has 194 valence electrons. The van der Waals surface area contributed by atoms with E-state index in [1.54, 1.807) is 6.20 Å². The molecule has 0 aliphatic rings. The number of nitrogens with one attached hydrogen (secondary N) is 4. The van der Waals surface area contributed by atoms with Gasteiger partial charge >= 0.3 is 6.09 Å². The number of H-pyrrole nitrogens is 1. The van der Waals surface area contributed by atoms with Crippen molar-refractivity contribution in [1.82, 2.24) is 25.3 Å². The lowest BCUT2D eigenvalue weighted by molar-refractivity contribution is 0.168. The van der Waals surface area contributed by atoms with Gasteiger partial charge in [0.15, 0.2) is 0 Å². The zero-order valence-electron chi connectivity index (χ0n) is 22.0. The summed E-state index contributed by atoms with van der Waals surface area (Å²) in [4.78, 5) is 28.9. The van der Waals surface area contributed by atoms with E-state index in [9.17, 15) is 4.79 Å². The molecule has 1 unspecified atom stereocenters. The average Bonchev–Trinajstić information content (AvgIpc) is 3.27. The minimum absolute atomic E-state index is 0.178. The predicted molar refractivity (Wildman–Crippen MR) is 146 cm³/mol. The van der Waals surface area contributed by atoms with E-state index in [1.165, 1.54) is 7.11 Å². The van der Waals surface area contributed by atoms with Gasteiger partial charge in [-0.05, 0) is 37.1 Å². The molecule has 10 heteroatoms. The van der Waals surface area contributed by atoms with Crippen LogP contribution in [0.15, 0.2) is 30.5 Å². The topological polar surface area (TPSA) is 117 Å². The Hall–Kier alpha value is -3.33. The number of hydrogen-bond acceptors (Lipinski definition) is 7. The fourth-order valence-electron chi connectivity index (χ4n) is 3.41. The van der Waals surface area contributed by atoms with Crippen molar-refractivity contribution >= 4 is 29.3 Å². The molecule has 36 heavy (non-hydrogen) atoms. The first-order valence-corrected chi connectivity index (χ1v) is 12.4. The number of alkyl carbamates (subject to hydrolysis) is 1. The third-order valence-corrected chi connectivity index (χ3v) is 5.55. The Labute approximate surface area is 217 Å². The Morgan fingerprint density at radius 3 is 2.53 bits per heavy atom. The lowest BCUT2D eigenvalue weighted by Gasteiger charge is -2.14. The lowest BCUT2D eigenvalue weighted by atomic mass is 9.96. The smallest absolute Gasteiger partial charge is 0.407 e. The van der Waals surface area contributed by atoms with Gasteiger partial charge in [-0.1, -0.05) is 46.2 Å². The van der Waals surface area contributed by atoms with E-state index in [1.807, 2.05) is 25.1 Å². The first kappa shape index (κ1) is 27.3. The zero-order chi connectivity index (χ0) is 26.5. The number of anilines is 2. The number of aromatic amines is 1. The van der Waals surface area contributed by atoms with E-state index in [0.29, 0.717) is 29.1 Å². The number of rotatable bonds is 9. The highest BCUT2D eigenvalue weighted by atomic mass is 35.5. The molecule has 0 spiro atoms. The number of hydrogen-bond donors (Lipinski definition) is 4. The number of carbonyl (C=O) groups is 1. The second-order valence-electron chi connectivity index (χ2n) is 10.2. The van der Waals surface area contributed by atoms with E-state index in [-0.39, 0.29) is 11.5 Å². The molecule has 0 radical (unpaired) electrons. The van der Waals surface area contributed by atoms with E-state index in [2.05, 4.69) is 71.3 Å². The molecule has 9 nitrogen and oxygen atoms in total. The van der Waals surface area contributed by atoms with Gasteiger partial charge in [0.2, 0.25) is 5.95 Å². The number of aromatic nitrogens is 4. The Morgan fingerprint density at radius 1 is 1.11 bits per heavy atom. The summed E-state index contributed by atoms with van der Waals surface area (Å²) in [5.74, 6) is 1.78. The van der Waals surface area contributed by atoms with Crippen LogP contribution in [0, 0.1) is 5.92 Å². The van der Waals surface area contributed by atoms with Crippen LogP contribution in [-0.2, 0) is 10.2 Å². The van der Waals surface area contributed by atoms with Gasteiger partial charge in [0.1, 0.15) is 5.82 Å². The molecule has 0 aliphatic carbocycles. The van der Waals surface area contributed by atoms with Crippen LogP contribution in [0.3, 0.4) is 0 Å². The molecule has 1 amide bonds. The Balaban J connectivity index is 1.97. The maximum atomic E-state index is 11.4. The average molecular weight is 514 g/mol. The Bertz CT molecular complexity index is 1190. The van der Waals surface area contributed by atoms with Crippen LogP contribution < -0.4 is 16.0 Å². The zero-order valence-corrected chi connectivity index (χ0v) is 22.7. The second kappa shape index (κ2) is 11.6. The monoisotopic (exact) mass is 513 g/mol. The van der Waals surface area contributed by atoms with Gasteiger partial charge in [-0.15, -0.1) is 0 Å². The van der Waals surface area contributed by atoms with Crippen LogP contribution in [0.2, 0.25) is 5.02 Å². The van der Waals surface area contributed by atoms with Crippen molar-refractivity contribution in [3.05, 3.63) is 41.3 Å². The molecule has 0 saturated heterocycles. The first-order valence-electron chi connectivity index (χ1n) is 12.0. The number of ether oxygens (including phenoxy) is 1. The van der Waals surface area contributed by atoms with Crippen molar-refractivity contribution in [2.45, 2.75) is 53.0 Å². The maximum absolute atomic E-state index is 11.4. The Morgan fingerprint density at radius 2 is 1.86 bits per heavy atom. The number of benzene rings is 1. The summed E-state index contributed by atoms with van der Waals surface area (Å²) in [6, 6.07) is 7.55. The first-order chi connectivity index (χ1) is 17.0. The maximum Gasteiger partial charge on any atom is 0.407 e. The van der Waals surface area contributed by atoms with E-state index in [4.69, 9.17) is 21.6 Å². The molecule has 0 aliphatic heterocycles. The van der Waals surface area contributed by atoms with Crippen LogP contribution in [0.4, 0.5) is 16.4 Å².